The monoisotopic (exact) mass is 394 g/mol. The summed E-state index contributed by atoms with van der Waals surface area (Å²) in [4.78, 5) is 29.1. The molecule has 1 aromatic rings. The summed E-state index contributed by atoms with van der Waals surface area (Å²) in [5, 5.41) is 0. The molecule has 1 spiro atoms. The van der Waals surface area contributed by atoms with Crippen LogP contribution in [0.25, 0.3) is 0 Å². The van der Waals surface area contributed by atoms with Gasteiger partial charge in [0.25, 0.3) is 5.91 Å². The standard InChI is InChI=1S/C20H30N2O6/c1-15-14-17(16(2)28-15)19(24)22(10-11-25-3)7-4-18(23)21-8-5-20(6-9-21)26-12-13-27-20/h14H,4-13H2,1-3H3. The van der Waals surface area contributed by atoms with Gasteiger partial charge in [-0.2, -0.15) is 0 Å². The molecule has 0 atom stereocenters. The number of furan rings is 1. The fourth-order valence-corrected chi connectivity index (χ4v) is 3.80. The molecule has 2 amide bonds. The summed E-state index contributed by atoms with van der Waals surface area (Å²) in [5.74, 6) is 0.706. The van der Waals surface area contributed by atoms with Crippen molar-refractivity contribution in [1.29, 1.82) is 0 Å². The summed E-state index contributed by atoms with van der Waals surface area (Å²) < 4.78 is 22.0. The topological polar surface area (TPSA) is 81.5 Å². The van der Waals surface area contributed by atoms with Crippen LogP contribution in [0, 0.1) is 13.8 Å². The highest BCUT2D eigenvalue weighted by atomic mass is 16.7. The van der Waals surface area contributed by atoms with Crippen LogP contribution in [0.4, 0.5) is 0 Å². The van der Waals surface area contributed by atoms with E-state index in [4.69, 9.17) is 18.6 Å². The fraction of sp³-hybridized carbons (Fsp3) is 0.700. The Hall–Kier alpha value is -1.90. The quantitative estimate of drug-likeness (QED) is 0.701. The minimum Gasteiger partial charge on any atom is -0.466 e. The van der Waals surface area contributed by atoms with Crippen molar-refractivity contribution in [3.8, 4) is 0 Å². The third kappa shape index (κ3) is 4.74. The Kier molecular flexibility index (Phi) is 6.74. The lowest BCUT2D eigenvalue weighted by molar-refractivity contribution is -0.187. The van der Waals surface area contributed by atoms with E-state index in [1.54, 1.807) is 25.0 Å². The number of carbonyl (C=O) groups is 2. The summed E-state index contributed by atoms with van der Waals surface area (Å²) in [5.41, 5.74) is 0.538. The molecule has 2 fully saturated rings. The second kappa shape index (κ2) is 9.07. The Morgan fingerprint density at radius 1 is 1.18 bits per heavy atom. The molecular formula is C20H30N2O6. The lowest BCUT2D eigenvalue weighted by Gasteiger charge is -2.37. The summed E-state index contributed by atoms with van der Waals surface area (Å²) in [6.07, 6.45) is 1.66. The van der Waals surface area contributed by atoms with E-state index in [9.17, 15) is 9.59 Å². The van der Waals surface area contributed by atoms with E-state index in [1.807, 2.05) is 11.8 Å². The van der Waals surface area contributed by atoms with Crippen LogP contribution in [0.15, 0.2) is 10.5 Å². The molecule has 8 nitrogen and oxygen atoms in total. The van der Waals surface area contributed by atoms with Gasteiger partial charge in [0, 0.05) is 52.6 Å². The molecule has 2 saturated heterocycles. The number of piperidine rings is 1. The maximum absolute atomic E-state index is 12.9. The zero-order valence-corrected chi connectivity index (χ0v) is 17.0. The van der Waals surface area contributed by atoms with Crippen molar-refractivity contribution >= 4 is 11.8 Å². The van der Waals surface area contributed by atoms with E-state index in [2.05, 4.69) is 0 Å². The third-order valence-corrected chi connectivity index (χ3v) is 5.41. The predicted octanol–water partition coefficient (Wildman–Crippen LogP) is 1.74. The lowest BCUT2D eigenvalue weighted by atomic mass is 10.0. The number of hydrogen-bond acceptors (Lipinski definition) is 6. The molecule has 2 aliphatic rings. The molecule has 0 N–H and O–H groups in total. The molecule has 0 aromatic carbocycles. The number of amides is 2. The Balaban J connectivity index is 1.55. The van der Waals surface area contributed by atoms with E-state index in [0.717, 1.165) is 0 Å². The highest BCUT2D eigenvalue weighted by molar-refractivity contribution is 5.95. The summed E-state index contributed by atoms with van der Waals surface area (Å²) >= 11 is 0. The zero-order valence-electron chi connectivity index (χ0n) is 17.0. The average Bonchev–Trinajstić information content (AvgIpc) is 3.27. The van der Waals surface area contributed by atoms with Crippen LogP contribution in [0.2, 0.25) is 0 Å². The van der Waals surface area contributed by atoms with Crippen molar-refractivity contribution in [2.24, 2.45) is 0 Å². The molecule has 0 radical (unpaired) electrons. The molecule has 1 aromatic heterocycles. The van der Waals surface area contributed by atoms with Gasteiger partial charge in [0.05, 0.1) is 25.4 Å². The van der Waals surface area contributed by atoms with E-state index in [0.29, 0.717) is 75.9 Å². The van der Waals surface area contributed by atoms with Crippen LogP contribution in [-0.4, -0.2) is 80.5 Å². The molecule has 8 heteroatoms. The van der Waals surface area contributed by atoms with Crippen LogP contribution < -0.4 is 0 Å². The molecule has 156 valence electrons. The molecule has 0 aliphatic carbocycles. The van der Waals surface area contributed by atoms with E-state index in [-0.39, 0.29) is 18.2 Å². The largest absolute Gasteiger partial charge is 0.466 e. The van der Waals surface area contributed by atoms with Crippen LogP contribution in [0.3, 0.4) is 0 Å². The zero-order chi connectivity index (χ0) is 20.1. The Morgan fingerprint density at radius 3 is 2.43 bits per heavy atom. The summed E-state index contributed by atoms with van der Waals surface area (Å²) in [7, 11) is 1.60. The van der Waals surface area contributed by atoms with Gasteiger partial charge in [-0.1, -0.05) is 0 Å². The first-order valence-corrected chi connectivity index (χ1v) is 9.85. The van der Waals surface area contributed by atoms with Crippen molar-refractivity contribution in [2.45, 2.75) is 38.9 Å². The van der Waals surface area contributed by atoms with Gasteiger partial charge in [-0.05, 0) is 19.9 Å². The van der Waals surface area contributed by atoms with Gasteiger partial charge in [-0.3, -0.25) is 9.59 Å². The highest BCUT2D eigenvalue weighted by Crippen LogP contribution is 2.31. The number of methoxy groups -OCH3 is 1. The first-order valence-electron chi connectivity index (χ1n) is 9.85. The highest BCUT2D eigenvalue weighted by Gasteiger charge is 2.40. The Labute approximate surface area is 165 Å². The number of aryl methyl sites for hydroxylation is 2. The first kappa shape index (κ1) is 20.8. The van der Waals surface area contributed by atoms with E-state index >= 15 is 0 Å². The fourth-order valence-electron chi connectivity index (χ4n) is 3.80. The minimum atomic E-state index is -0.492. The maximum atomic E-state index is 12.9. The third-order valence-electron chi connectivity index (χ3n) is 5.41. The number of nitrogens with zero attached hydrogens (tertiary/aromatic N) is 2. The summed E-state index contributed by atoms with van der Waals surface area (Å²) in [6, 6.07) is 1.74. The van der Waals surface area contributed by atoms with Gasteiger partial charge in [0.1, 0.15) is 11.5 Å². The Bertz CT molecular complexity index is 685. The van der Waals surface area contributed by atoms with Gasteiger partial charge in [-0.15, -0.1) is 0 Å². The first-order chi connectivity index (χ1) is 13.4. The smallest absolute Gasteiger partial charge is 0.257 e. The predicted molar refractivity (Wildman–Crippen MR) is 101 cm³/mol. The van der Waals surface area contributed by atoms with Crippen LogP contribution in [0.1, 0.15) is 41.1 Å². The van der Waals surface area contributed by atoms with Crippen molar-refractivity contribution in [3.63, 3.8) is 0 Å². The number of hydrogen-bond donors (Lipinski definition) is 0. The van der Waals surface area contributed by atoms with Crippen molar-refractivity contribution in [3.05, 3.63) is 23.2 Å². The maximum Gasteiger partial charge on any atom is 0.257 e. The van der Waals surface area contributed by atoms with Gasteiger partial charge < -0.3 is 28.4 Å². The van der Waals surface area contributed by atoms with E-state index in [1.165, 1.54) is 0 Å². The van der Waals surface area contributed by atoms with Crippen molar-refractivity contribution in [1.82, 2.24) is 9.80 Å². The molecule has 3 heterocycles. The van der Waals surface area contributed by atoms with Crippen LogP contribution in [-0.2, 0) is 19.0 Å². The van der Waals surface area contributed by atoms with Crippen molar-refractivity contribution in [2.75, 3.05) is 53.1 Å². The van der Waals surface area contributed by atoms with Crippen LogP contribution >= 0.6 is 0 Å². The van der Waals surface area contributed by atoms with Crippen LogP contribution in [0.5, 0.6) is 0 Å². The number of likely N-dealkylation sites (tertiary alicyclic amines) is 1. The second-order valence-corrected chi connectivity index (χ2v) is 7.35. The number of ether oxygens (including phenoxy) is 3. The molecule has 28 heavy (non-hydrogen) atoms. The molecule has 3 rings (SSSR count). The molecular weight excluding hydrogens is 364 g/mol. The lowest BCUT2D eigenvalue weighted by Crippen LogP contribution is -2.48. The van der Waals surface area contributed by atoms with Crippen molar-refractivity contribution < 1.29 is 28.2 Å². The van der Waals surface area contributed by atoms with Gasteiger partial charge in [0.15, 0.2) is 5.79 Å². The normalized spacial score (nSPS) is 18.6. The second-order valence-electron chi connectivity index (χ2n) is 7.35. The van der Waals surface area contributed by atoms with E-state index < -0.39 is 5.79 Å². The summed E-state index contributed by atoms with van der Waals surface area (Å²) in [6.45, 7) is 7.25. The Morgan fingerprint density at radius 2 is 1.86 bits per heavy atom. The molecule has 0 saturated carbocycles. The van der Waals surface area contributed by atoms with Gasteiger partial charge in [0.2, 0.25) is 5.91 Å². The number of carbonyl (C=O) groups excluding carboxylic acids is 2. The SMILES string of the molecule is COCCN(CCC(=O)N1CCC2(CC1)OCCO2)C(=O)c1cc(C)oc1C. The van der Waals surface area contributed by atoms with Gasteiger partial charge in [-0.25, -0.2) is 0 Å². The number of rotatable bonds is 7. The molecule has 2 aliphatic heterocycles. The molecule has 0 unspecified atom stereocenters. The van der Waals surface area contributed by atoms with Gasteiger partial charge >= 0.3 is 0 Å². The molecule has 0 bridgehead atoms. The minimum absolute atomic E-state index is 0.0446. The average molecular weight is 394 g/mol.